The third kappa shape index (κ3) is 3.64. The Labute approximate surface area is 158 Å². The predicted molar refractivity (Wildman–Crippen MR) is 106 cm³/mol. The zero-order valence-corrected chi connectivity index (χ0v) is 15.7. The van der Waals surface area contributed by atoms with Gasteiger partial charge in [-0.05, 0) is 34.6 Å². The van der Waals surface area contributed by atoms with Gasteiger partial charge in [0, 0.05) is 26.3 Å². The van der Waals surface area contributed by atoms with Crippen molar-refractivity contribution in [1.29, 1.82) is 0 Å². The van der Waals surface area contributed by atoms with Crippen molar-refractivity contribution in [2.24, 2.45) is 4.40 Å². The smallest absolute Gasteiger partial charge is 0.256 e. The number of hydrogen-bond donors (Lipinski definition) is 0. The van der Waals surface area contributed by atoms with E-state index in [1.54, 1.807) is 35.2 Å². The summed E-state index contributed by atoms with van der Waals surface area (Å²) in [6.07, 6.45) is 4.87. The summed E-state index contributed by atoms with van der Waals surface area (Å²) in [5.41, 5.74) is 1.56. The lowest BCUT2D eigenvalue weighted by molar-refractivity contribution is -0.126. The molecule has 2 aromatic carbocycles. The highest BCUT2D eigenvalue weighted by atomic mass is 32.2. The SMILES string of the molecule is CN(Cc1ccc2ccccc2c1)C(=O)C1=CN2CCS(=O)(=O)N=C2C=C1. The average molecular weight is 381 g/mol. The molecule has 27 heavy (non-hydrogen) atoms. The highest BCUT2D eigenvalue weighted by Crippen LogP contribution is 2.19. The maximum atomic E-state index is 12.8. The molecule has 0 N–H and O–H groups in total. The van der Waals surface area contributed by atoms with Gasteiger partial charge in [-0.15, -0.1) is 4.40 Å². The molecule has 0 saturated heterocycles. The van der Waals surface area contributed by atoms with Gasteiger partial charge in [-0.1, -0.05) is 36.4 Å². The molecular formula is C20H19N3O3S. The van der Waals surface area contributed by atoms with Crippen LogP contribution in [-0.2, 0) is 21.4 Å². The van der Waals surface area contributed by atoms with Gasteiger partial charge in [0.1, 0.15) is 5.84 Å². The first-order valence-electron chi connectivity index (χ1n) is 8.64. The van der Waals surface area contributed by atoms with Gasteiger partial charge in [0.05, 0.1) is 11.3 Å². The predicted octanol–water partition coefficient (Wildman–Crippen LogP) is 2.30. The van der Waals surface area contributed by atoms with Gasteiger partial charge in [-0.25, -0.2) is 8.42 Å². The molecule has 0 unspecified atom stereocenters. The standard InChI is InChI=1S/C20H19N3O3S/c1-22(13-15-6-7-16-4-2-3-5-17(16)12-15)20(24)18-8-9-19-21-27(25,26)11-10-23(19)14-18/h2-9,12,14H,10-11,13H2,1H3. The highest BCUT2D eigenvalue weighted by Gasteiger charge is 2.25. The van der Waals surface area contributed by atoms with Gasteiger partial charge in [0.25, 0.3) is 15.9 Å². The van der Waals surface area contributed by atoms with Gasteiger partial charge in [-0.2, -0.15) is 0 Å². The van der Waals surface area contributed by atoms with Crippen LogP contribution >= 0.6 is 0 Å². The summed E-state index contributed by atoms with van der Waals surface area (Å²) in [5.74, 6) is 0.191. The number of carbonyl (C=O) groups is 1. The number of fused-ring (bicyclic) bond motifs is 2. The minimum absolute atomic E-state index is 0.0464. The number of likely N-dealkylation sites (N-methyl/N-ethyl adjacent to an activating group) is 1. The molecule has 2 aromatic rings. The number of carbonyl (C=O) groups excluding carboxylic acids is 1. The highest BCUT2D eigenvalue weighted by molar-refractivity contribution is 7.90. The molecule has 138 valence electrons. The number of benzene rings is 2. The number of nitrogens with zero attached hydrogens (tertiary/aromatic N) is 3. The van der Waals surface area contributed by atoms with Crippen LogP contribution in [0, 0.1) is 0 Å². The third-order valence-corrected chi connectivity index (χ3v) is 5.81. The Morgan fingerprint density at radius 2 is 1.93 bits per heavy atom. The van der Waals surface area contributed by atoms with Crippen molar-refractivity contribution in [1.82, 2.24) is 9.80 Å². The van der Waals surface area contributed by atoms with Crippen LogP contribution < -0.4 is 0 Å². The van der Waals surface area contributed by atoms with Crippen LogP contribution in [0.2, 0.25) is 0 Å². The van der Waals surface area contributed by atoms with Crippen molar-refractivity contribution < 1.29 is 13.2 Å². The van der Waals surface area contributed by atoms with Crippen LogP contribution in [0.25, 0.3) is 10.8 Å². The van der Waals surface area contributed by atoms with Gasteiger partial charge in [0.2, 0.25) is 0 Å². The second kappa shape index (κ2) is 6.66. The van der Waals surface area contributed by atoms with E-state index in [1.165, 1.54) is 5.39 Å². The quantitative estimate of drug-likeness (QED) is 0.818. The molecule has 7 heteroatoms. The molecular weight excluding hydrogens is 362 g/mol. The van der Waals surface area contributed by atoms with Crippen molar-refractivity contribution >= 4 is 32.5 Å². The lowest BCUT2D eigenvalue weighted by Gasteiger charge is -2.28. The zero-order chi connectivity index (χ0) is 19.0. The van der Waals surface area contributed by atoms with Crippen LogP contribution in [-0.4, -0.2) is 49.3 Å². The maximum Gasteiger partial charge on any atom is 0.256 e. The van der Waals surface area contributed by atoms with Crippen molar-refractivity contribution in [3.63, 3.8) is 0 Å². The lowest BCUT2D eigenvalue weighted by atomic mass is 10.1. The summed E-state index contributed by atoms with van der Waals surface area (Å²) in [6.45, 7) is 0.793. The molecule has 2 heterocycles. The summed E-state index contributed by atoms with van der Waals surface area (Å²) in [6, 6.07) is 14.3. The van der Waals surface area contributed by atoms with E-state index in [1.807, 2.05) is 18.2 Å². The summed E-state index contributed by atoms with van der Waals surface area (Å²) >= 11 is 0. The lowest BCUT2D eigenvalue weighted by Crippen LogP contribution is -2.38. The first kappa shape index (κ1) is 17.5. The molecule has 1 amide bonds. The maximum absolute atomic E-state index is 12.8. The van der Waals surface area contributed by atoms with Crippen molar-refractivity contribution in [2.45, 2.75) is 6.54 Å². The number of sulfonamides is 1. The van der Waals surface area contributed by atoms with E-state index in [4.69, 9.17) is 0 Å². The Bertz CT molecular complexity index is 1120. The van der Waals surface area contributed by atoms with Gasteiger partial charge < -0.3 is 9.80 Å². The Morgan fingerprint density at radius 3 is 2.74 bits per heavy atom. The van der Waals surface area contributed by atoms with Crippen molar-refractivity contribution in [2.75, 3.05) is 19.3 Å². The number of amides is 1. The molecule has 0 spiro atoms. The summed E-state index contributed by atoms with van der Waals surface area (Å²) in [7, 11) is -1.64. The Balaban J connectivity index is 1.51. The molecule has 0 fully saturated rings. The molecule has 2 aliphatic heterocycles. The molecule has 0 radical (unpaired) electrons. The number of rotatable bonds is 3. The fourth-order valence-corrected chi connectivity index (χ4v) is 4.20. The van der Waals surface area contributed by atoms with E-state index < -0.39 is 10.0 Å². The van der Waals surface area contributed by atoms with Crippen molar-refractivity contribution in [3.05, 3.63) is 72.0 Å². The zero-order valence-electron chi connectivity index (χ0n) is 14.9. The molecule has 6 nitrogen and oxygen atoms in total. The van der Waals surface area contributed by atoms with E-state index >= 15 is 0 Å². The Kier molecular flexibility index (Phi) is 4.31. The van der Waals surface area contributed by atoms with Crippen LogP contribution in [0.3, 0.4) is 0 Å². The third-order valence-electron chi connectivity index (χ3n) is 4.65. The largest absolute Gasteiger partial charge is 0.337 e. The second-order valence-electron chi connectivity index (χ2n) is 6.69. The van der Waals surface area contributed by atoms with Crippen LogP contribution in [0.5, 0.6) is 0 Å². The Morgan fingerprint density at radius 1 is 1.15 bits per heavy atom. The summed E-state index contributed by atoms with van der Waals surface area (Å²) in [5, 5.41) is 2.31. The van der Waals surface area contributed by atoms with E-state index in [-0.39, 0.29) is 11.7 Å². The minimum Gasteiger partial charge on any atom is -0.337 e. The van der Waals surface area contributed by atoms with Crippen LogP contribution in [0.4, 0.5) is 0 Å². The van der Waals surface area contributed by atoms with E-state index in [0.29, 0.717) is 24.5 Å². The first-order chi connectivity index (χ1) is 12.9. The van der Waals surface area contributed by atoms with E-state index in [9.17, 15) is 13.2 Å². The van der Waals surface area contributed by atoms with Gasteiger partial charge in [0.15, 0.2) is 0 Å². The topological polar surface area (TPSA) is 70.1 Å². The molecule has 0 aromatic heterocycles. The molecule has 0 bridgehead atoms. The molecule has 2 aliphatic rings. The normalized spacial score (nSPS) is 17.9. The summed E-state index contributed by atoms with van der Waals surface area (Å²) in [4.78, 5) is 16.2. The van der Waals surface area contributed by atoms with Crippen molar-refractivity contribution in [3.8, 4) is 0 Å². The fraction of sp³-hybridized carbons (Fsp3) is 0.200. The second-order valence-corrected chi connectivity index (χ2v) is 8.44. The molecule has 0 saturated carbocycles. The van der Waals surface area contributed by atoms with Gasteiger partial charge >= 0.3 is 0 Å². The van der Waals surface area contributed by atoms with E-state index in [2.05, 4.69) is 28.7 Å². The Hall–Kier alpha value is -2.93. The van der Waals surface area contributed by atoms with E-state index in [0.717, 1.165) is 10.9 Å². The van der Waals surface area contributed by atoms with Crippen LogP contribution in [0.15, 0.2) is 70.8 Å². The van der Waals surface area contributed by atoms with Gasteiger partial charge in [-0.3, -0.25) is 4.79 Å². The number of hydrogen-bond acceptors (Lipinski definition) is 4. The molecule has 4 rings (SSSR count). The fourth-order valence-electron chi connectivity index (χ4n) is 3.23. The molecule has 0 aliphatic carbocycles. The summed E-state index contributed by atoms with van der Waals surface area (Å²) < 4.78 is 26.9. The monoisotopic (exact) mass is 381 g/mol. The average Bonchev–Trinajstić information content (AvgIpc) is 2.66. The van der Waals surface area contributed by atoms with Crippen LogP contribution in [0.1, 0.15) is 5.56 Å². The number of amidine groups is 1. The minimum atomic E-state index is -3.40. The molecule has 0 atom stereocenters. The first-order valence-corrected chi connectivity index (χ1v) is 10.2.